The predicted molar refractivity (Wildman–Crippen MR) is 99.9 cm³/mol. The van der Waals surface area contributed by atoms with Gasteiger partial charge in [0, 0.05) is 17.2 Å². The van der Waals surface area contributed by atoms with Gasteiger partial charge in [0.1, 0.15) is 0 Å². The van der Waals surface area contributed by atoms with Crippen molar-refractivity contribution in [3.63, 3.8) is 0 Å². The lowest BCUT2D eigenvalue weighted by Crippen LogP contribution is -2.47. The summed E-state index contributed by atoms with van der Waals surface area (Å²) in [5, 5.41) is 1.70. The molecule has 1 atom stereocenters. The monoisotopic (exact) mass is 342 g/mol. The van der Waals surface area contributed by atoms with E-state index in [2.05, 4.69) is 9.66 Å². The van der Waals surface area contributed by atoms with Gasteiger partial charge in [-0.1, -0.05) is 36.4 Å². The molecule has 126 valence electrons. The van der Waals surface area contributed by atoms with E-state index in [1.54, 1.807) is 0 Å². The van der Waals surface area contributed by atoms with Crippen molar-refractivity contribution in [1.29, 1.82) is 0 Å². The van der Waals surface area contributed by atoms with E-state index in [4.69, 9.17) is 4.74 Å². The molecule has 4 nitrogen and oxygen atoms in total. The minimum atomic E-state index is -2.94. The molecule has 0 aliphatic carbocycles. The van der Waals surface area contributed by atoms with Crippen LogP contribution in [0.2, 0.25) is 0 Å². The van der Waals surface area contributed by atoms with Gasteiger partial charge in [-0.2, -0.15) is 0 Å². The van der Waals surface area contributed by atoms with E-state index in [9.17, 15) is 4.57 Å². The Morgan fingerprint density at radius 2 is 1.62 bits per heavy atom. The Balaban J connectivity index is 2.10. The van der Waals surface area contributed by atoms with Crippen molar-refractivity contribution < 1.29 is 9.30 Å². The number of hydrogen-bond acceptors (Lipinski definition) is 3. The number of rotatable bonds is 4. The smallest absolute Gasteiger partial charge is 0.207 e. The molecule has 0 N–H and O–H groups in total. The minimum absolute atomic E-state index is 0.120. The van der Waals surface area contributed by atoms with Crippen LogP contribution in [0.3, 0.4) is 0 Å². The molecule has 0 spiro atoms. The van der Waals surface area contributed by atoms with Crippen LogP contribution in [-0.4, -0.2) is 36.3 Å². The van der Waals surface area contributed by atoms with Gasteiger partial charge in [-0.05, 0) is 38.1 Å². The van der Waals surface area contributed by atoms with Gasteiger partial charge in [0.25, 0.3) is 0 Å². The Morgan fingerprint density at radius 1 is 1.08 bits per heavy atom. The second kappa shape index (κ2) is 7.33. The quantitative estimate of drug-likeness (QED) is 0.802. The molecule has 3 rings (SSSR count). The van der Waals surface area contributed by atoms with Crippen LogP contribution < -0.4 is 10.6 Å². The van der Waals surface area contributed by atoms with Crippen molar-refractivity contribution in [2.75, 3.05) is 19.7 Å². The first-order valence-corrected chi connectivity index (χ1v) is 9.99. The van der Waals surface area contributed by atoms with Crippen LogP contribution in [0.5, 0.6) is 0 Å². The van der Waals surface area contributed by atoms with Gasteiger partial charge >= 0.3 is 0 Å². The summed E-state index contributed by atoms with van der Waals surface area (Å²) in [6, 6.07) is 19.3. The molecule has 1 heterocycles. The number of hydrogen-bond donors (Lipinski definition) is 0. The van der Waals surface area contributed by atoms with E-state index in [1.165, 1.54) is 0 Å². The second-order valence-electron chi connectivity index (χ2n) is 5.74. The molecule has 0 saturated heterocycles. The second-order valence-corrected chi connectivity index (χ2v) is 8.44. The standard InChI is InChI=1S/C19H23N2O2P/c1-3-23-19-16(2)21(15-14-20-19)24(22,17-10-6-4-7-11-17)18-12-8-5-9-13-18/h4-13,16H,3,14-15H2,1-2H3/t16-/m1/s1. The van der Waals surface area contributed by atoms with Crippen LogP contribution >= 0.6 is 7.29 Å². The highest BCUT2D eigenvalue weighted by atomic mass is 31.2. The van der Waals surface area contributed by atoms with Gasteiger partial charge in [0.2, 0.25) is 13.2 Å². The number of ether oxygens (including phenoxy) is 1. The zero-order valence-electron chi connectivity index (χ0n) is 14.1. The number of aliphatic imine (C=N–C) groups is 1. The van der Waals surface area contributed by atoms with Crippen molar-refractivity contribution in [2.24, 2.45) is 4.99 Å². The van der Waals surface area contributed by atoms with Crippen LogP contribution in [0.25, 0.3) is 0 Å². The van der Waals surface area contributed by atoms with Crippen LogP contribution in [0.1, 0.15) is 13.8 Å². The Morgan fingerprint density at radius 3 is 2.12 bits per heavy atom. The number of nitrogens with zero attached hydrogens (tertiary/aromatic N) is 2. The van der Waals surface area contributed by atoms with Crippen molar-refractivity contribution in [2.45, 2.75) is 19.9 Å². The van der Waals surface area contributed by atoms with Gasteiger partial charge in [-0.15, -0.1) is 0 Å². The van der Waals surface area contributed by atoms with Crippen LogP contribution in [0, 0.1) is 0 Å². The third-order valence-corrected chi connectivity index (χ3v) is 7.53. The minimum Gasteiger partial charge on any atom is -0.480 e. The van der Waals surface area contributed by atoms with Crippen LogP contribution in [0.4, 0.5) is 0 Å². The van der Waals surface area contributed by atoms with Gasteiger partial charge in [0.05, 0.1) is 19.2 Å². The van der Waals surface area contributed by atoms with Crippen molar-refractivity contribution in [3.8, 4) is 0 Å². The highest BCUT2D eigenvalue weighted by molar-refractivity contribution is 7.76. The third-order valence-electron chi connectivity index (χ3n) is 4.27. The van der Waals surface area contributed by atoms with Crippen LogP contribution in [0.15, 0.2) is 65.7 Å². The first-order chi connectivity index (χ1) is 11.7. The zero-order chi connectivity index (χ0) is 17.0. The van der Waals surface area contributed by atoms with Crippen molar-refractivity contribution >= 4 is 23.8 Å². The van der Waals surface area contributed by atoms with Gasteiger partial charge in [0.15, 0.2) is 0 Å². The van der Waals surface area contributed by atoms with Gasteiger partial charge in [-0.3, -0.25) is 9.56 Å². The SMILES string of the molecule is CCOC1=NCCN(P(=O)(c2ccccc2)c2ccccc2)[C@@H]1C. The molecule has 0 bridgehead atoms. The van der Waals surface area contributed by atoms with Gasteiger partial charge in [-0.25, -0.2) is 4.67 Å². The molecule has 0 fully saturated rings. The Hall–Kier alpha value is -1.90. The van der Waals surface area contributed by atoms with Crippen LogP contribution in [-0.2, 0) is 9.30 Å². The average molecular weight is 342 g/mol. The van der Waals surface area contributed by atoms with Crippen molar-refractivity contribution in [3.05, 3.63) is 60.7 Å². The largest absolute Gasteiger partial charge is 0.480 e. The van der Waals surface area contributed by atoms with E-state index in [-0.39, 0.29) is 6.04 Å². The summed E-state index contributed by atoms with van der Waals surface area (Å²) in [6.07, 6.45) is 0. The first-order valence-electron chi connectivity index (χ1n) is 8.33. The summed E-state index contributed by atoms with van der Waals surface area (Å²) in [5.41, 5.74) is 0. The normalized spacial score (nSPS) is 18.9. The molecule has 0 saturated carbocycles. The van der Waals surface area contributed by atoms with E-state index >= 15 is 0 Å². The zero-order valence-corrected chi connectivity index (χ0v) is 15.0. The molecule has 1 aliphatic rings. The summed E-state index contributed by atoms with van der Waals surface area (Å²) in [6.45, 7) is 5.79. The highest BCUT2D eigenvalue weighted by Gasteiger charge is 2.40. The van der Waals surface area contributed by atoms with E-state index in [0.29, 0.717) is 25.6 Å². The summed E-state index contributed by atoms with van der Waals surface area (Å²) in [7, 11) is -2.94. The lowest BCUT2D eigenvalue weighted by molar-refractivity contribution is 0.267. The molecule has 0 radical (unpaired) electrons. The Labute approximate surface area is 143 Å². The molecule has 2 aromatic carbocycles. The summed E-state index contributed by atoms with van der Waals surface area (Å²) in [5.74, 6) is 0.677. The predicted octanol–water partition coefficient (Wildman–Crippen LogP) is 3.05. The lowest BCUT2D eigenvalue weighted by atomic mass is 10.3. The highest BCUT2D eigenvalue weighted by Crippen LogP contribution is 2.49. The topological polar surface area (TPSA) is 41.9 Å². The fourth-order valence-corrected chi connectivity index (χ4v) is 6.12. The Kier molecular flexibility index (Phi) is 5.17. The van der Waals surface area contributed by atoms with E-state index in [0.717, 1.165) is 10.6 Å². The first kappa shape index (κ1) is 16.9. The Bertz CT molecular complexity index is 703. The van der Waals surface area contributed by atoms with E-state index < -0.39 is 7.29 Å². The fourth-order valence-electron chi connectivity index (χ4n) is 3.12. The average Bonchev–Trinajstić information content (AvgIpc) is 2.64. The molecular weight excluding hydrogens is 319 g/mol. The van der Waals surface area contributed by atoms with E-state index in [1.807, 2.05) is 74.5 Å². The summed E-state index contributed by atoms with van der Waals surface area (Å²) in [4.78, 5) is 4.48. The van der Waals surface area contributed by atoms with Crippen molar-refractivity contribution in [1.82, 2.24) is 4.67 Å². The molecule has 24 heavy (non-hydrogen) atoms. The maximum atomic E-state index is 14.3. The summed E-state index contributed by atoms with van der Waals surface area (Å²) >= 11 is 0. The maximum absolute atomic E-state index is 14.3. The molecule has 1 aliphatic heterocycles. The number of benzene rings is 2. The van der Waals surface area contributed by atoms with Gasteiger partial charge < -0.3 is 4.74 Å². The molecule has 0 aromatic heterocycles. The lowest BCUT2D eigenvalue weighted by Gasteiger charge is -2.38. The molecule has 0 unspecified atom stereocenters. The fraction of sp³-hybridized carbons (Fsp3) is 0.316. The molecule has 0 amide bonds. The third kappa shape index (κ3) is 3.04. The molecular formula is C19H23N2O2P. The molecule has 2 aromatic rings. The molecule has 5 heteroatoms. The maximum Gasteiger partial charge on any atom is 0.207 e. The summed E-state index contributed by atoms with van der Waals surface area (Å²) < 4.78 is 22.1.